The number of hydrogen-bond acceptors (Lipinski definition) is 2. The second-order valence-corrected chi connectivity index (χ2v) is 8.05. The van der Waals surface area contributed by atoms with Gasteiger partial charge in [0.25, 0.3) is 0 Å². The Kier molecular flexibility index (Phi) is 6.16. The van der Waals surface area contributed by atoms with E-state index in [0.717, 1.165) is 35.2 Å². The molecular formula is C17H31IN2O2. The van der Waals surface area contributed by atoms with Crippen LogP contribution < -0.4 is 24.0 Å². The van der Waals surface area contributed by atoms with Crippen molar-refractivity contribution in [2.24, 2.45) is 11.8 Å². The van der Waals surface area contributed by atoms with Crippen molar-refractivity contribution in [1.82, 2.24) is 4.90 Å². The van der Waals surface area contributed by atoms with Crippen LogP contribution >= 0.6 is 0 Å². The SMILES string of the molecule is C[N+]1(C)C[C@@H]2CCCN3CCC[C@H](C1CCCC(=O)O)[C@H]23.[I-]. The van der Waals surface area contributed by atoms with E-state index >= 15 is 0 Å². The van der Waals surface area contributed by atoms with E-state index in [1.807, 2.05) is 0 Å². The van der Waals surface area contributed by atoms with Crippen LogP contribution in [0.15, 0.2) is 0 Å². The van der Waals surface area contributed by atoms with Gasteiger partial charge in [-0.3, -0.25) is 9.69 Å². The number of aliphatic carboxylic acids is 1. The predicted octanol–water partition coefficient (Wildman–Crippen LogP) is -0.805. The lowest BCUT2D eigenvalue weighted by molar-refractivity contribution is -0.930. The van der Waals surface area contributed by atoms with Gasteiger partial charge < -0.3 is 33.6 Å². The van der Waals surface area contributed by atoms with Crippen LogP contribution in [0.4, 0.5) is 0 Å². The molecule has 0 spiro atoms. The van der Waals surface area contributed by atoms with Crippen LogP contribution in [0.1, 0.15) is 44.9 Å². The van der Waals surface area contributed by atoms with Crippen LogP contribution in [0.5, 0.6) is 0 Å². The van der Waals surface area contributed by atoms with Crippen molar-refractivity contribution in [1.29, 1.82) is 0 Å². The molecule has 3 saturated heterocycles. The van der Waals surface area contributed by atoms with Gasteiger partial charge in [-0.15, -0.1) is 0 Å². The number of carbonyl (C=O) groups is 1. The van der Waals surface area contributed by atoms with Crippen LogP contribution in [0.2, 0.25) is 0 Å². The summed E-state index contributed by atoms with van der Waals surface area (Å²) in [5.74, 6) is 1.02. The summed E-state index contributed by atoms with van der Waals surface area (Å²) in [6, 6.07) is 1.46. The van der Waals surface area contributed by atoms with Gasteiger partial charge in [0.05, 0.1) is 26.7 Å². The summed E-state index contributed by atoms with van der Waals surface area (Å²) in [7, 11) is 4.77. The number of carboxylic acid groups (broad SMARTS) is 1. The Morgan fingerprint density at radius 1 is 1.23 bits per heavy atom. The Hall–Kier alpha value is 0.120. The van der Waals surface area contributed by atoms with E-state index in [2.05, 4.69) is 19.0 Å². The van der Waals surface area contributed by atoms with Crippen molar-refractivity contribution in [3.05, 3.63) is 0 Å². The molecule has 128 valence electrons. The average molecular weight is 422 g/mol. The number of rotatable bonds is 4. The van der Waals surface area contributed by atoms with E-state index in [9.17, 15) is 4.79 Å². The second kappa shape index (κ2) is 7.34. The van der Waals surface area contributed by atoms with Crippen LogP contribution in [0.3, 0.4) is 0 Å². The number of hydrogen-bond donors (Lipinski definition) is 1. The minimum atomic E-state index is -0.642. The number of piperidine rings is 3. The fourth-order valence-corrected chi connectivity index (χ4v) is 5.66. The number of nitrogens with zero attached hydrogens (tertiary/aromatic N) is 2. The summed E-state index contributed by atoms with van der Waals surface area (Å²) in [6.07, 6.45) is 7.73. The quantitative estimate of drug-likeness (QED) is 0.476. The Balaban J connectivity index is 0.00000176. The average Bonchev–Trinajstić information content (AvgIpc) is 2.41. The van der Waals surface area contributed by atoms with Gasteiger partial charge in [0.2, 0.25) is 0 Å². The van der Waals surface area contributed by atoms with Crippen LogP contribution in [-0.2, 0) is 4.79 Å². The van der Waals surface area contributed by atoms with Gasteiger partial charge in [0, 0.05) is 30.7 Å². The van der Waals surface area contributed by atoms with Crippen molar-refractivity contribution < 1.29 is 38.4 Å². The van der Waals surface area contributed by atoms with E-state index in [1.165, 1.54) is 45.3 Å². The number of likely N-dealkylation sites (tertiary alicyclic amines) is 1. The van der Waals surface area contributed by atoms with Crippen molar-refractivity contribution >= 4 is 5.97 Å². The molecule has 3 rings (SSSR count). The summed E-state index contributed by atoms with van der Waals surface area (Å²) < 4.78 is 1.11. The highest BCUT2D eigenvalue weighted by molar-refractivity contribution is 5.66. The molecule has 0 radical (unpaired) electrons. The predicted molar refractivity (Wildman–Crippen MR) is 83.1 cm³/mol. The molecule has 3 aliphatic rings. The molecule has 0 aromatic heterocycles. The molecule has 3 heterocycles. The molecular weight excluding hydrogens is 391 g/mol. The van der Waals surface area contributed by atoms with Gasteiger partial charge in [-0.25, -0.2) is 0 Å². The third kappa shape index (κ3) is 3.61. The second-order valence-electron chi connectivity index (χ2n) is 8.05. The standard InChI is InChI=1S/C17H30N2O2.HI/c1-19(2)12-13-6-4-10-18-11-5-7-14(17(13)18)15(19)8-3-9-16(20)21;/h13-15,17H,3-12H2,1-2H3;1H/t13-,14+,15?,17-;/m0./s1. The van der Waals surface area contributed by atoms with Gasteiger partial charge in [-0.05, 0) is 45.2 Å². The molecule has 0 amide bonds. The summed E-state index contributed by atoms with van der Waals surface area (Å²) in [4.78, 5) is 13.6. The molecule has 0 aromatic rings. The molecule has 0 aromatic carbocycles. The Morgan fingerprint density at radius 2 is 1.91 bits per heavy atom. The maximum absolute atomic E-state index is 10.8. The minimum Gasteiger partial charge on any atom is -1.00 e. The first kappa shape index (κ1) is 18.5. The highest BCUT2D eigenvalue weighted by Gasteiger charge is 2.52. The molecule has 0 aliphatic carbocycles. The molecule has 1 unspecified atom stereocenters. The molecule has 3 fully saturated rings. The summed E-state index contributed by atoms with van der Waals surface area (Å²) in [5.41, 5.74) is 0. The van der Waals surface area contributed by atoms with Crippen LogP contribution in [0.25, 0.3) is 0 Å². The minimum absolute atomic E-state index is 0. The lowest BCUT2D eigenvalue weighted by Gasteiger charge is -2.59. The first-order chi connectivity index (χ1) is 9.99. The zero-order valence-electron chi connectivity index (χ0n) is 14.0. The largest absolute Gasteiger partial charge is 1.00 e. The maximum Gasteiger partial charge on any atom is 0.303 e. The first-order valence-electron chi connectivity index (χ1n) is 8.77. The molecule has 0 bridgehead atoms. The normalized spacial score (nSPS) is 37.0. The lowest BCUT2D eigenvalue weighted by atomic mass is 9.68. The fraction of sp³-hybridized carbons (Fsp3) is 0.941. The maximum atomic E-state index is 10.8. The van der Waals surface area contributed by atoms with Gasteiger partial charge in [0.1, 0.15) is 0 Å². The third-order valence-corrected chi connectivity index (χ3v) is 6.33. The zero-order chi connectivity index (χ0) is 15.0. The molecule has 4 nitrogen and oxygen atoms in total. The van der Waals surface area contributed by atoms with Crippen molar-refractivity contribution in [3.8, 4) is 0 Å². The number of halogens is 1. The molecule has 5 heteroatoms. The number of carboxylic acids is 1. The Labute approximate surface area is 151 Å². The summed E-state index contributed by atoms with van der Waals surface area (Å²) in [5, 5.41) is 8.92. The summed E-state index contributed by atoms with van der Waals surface area (Å²) in [6.45, 7) is 3.88. The van der Waals surface area contributed by atoms with E-state index in [4.69, 9.17) is 5.11 Å². The topological polar surface area (TPSA) is 40.5 Å². The highest BCUT2D eigenvalue weighted by atomic mass is 127. The van der Waals surface area contributed by atoms with Crippen molar-refractivity contribution in [2.45, 2.75) is 57.0 Å². The van der Waals surface area contributed by atoms with E-state index in [0.29, 0.717) is 12.5 Å². The third-order valence-electron chi connectivity index (χ3n) is 6.33. The van der Waals surface area contributed by atoms with Crippen molar-refractivity contribution in [3.63, 3.8) is 0 Å². The van der Waals surface area contributed by atoms with E-state index in [-0.39, 0.29) is 24.0 Å². The molecule has 22 heavy (non-hydrogen) atoms. The monoisotopic (exact) mass is 422 g/mol. The van der Waals surface area contributed by atoms with E-state index in [1.54, 1.807) is 0 Å². The smallest absolute Gasteiger partial charge is 0.303 e. The first-order valence-corrected chi connectivity index (χ1v) is 8.77. The zero-order valence-corrected chi connectivity index (χ0v) is 16.2. The molecule has 4 atom stereocenters. The highest BCUT2D eigenvalue weighted by Crippen LogP contribution is 2.44. The van der Waals surface area contributed by atoms with Gasteiger partial charge in [-0.2, -0.15) is 0 Å². The van der Waals surface area contributed by atoms with Gasteiger partial charge >= 0.3 is 5.97 Å². The Bertz CT molecular complexity index is 400. The lowest BCUT2D eigenvalue weighted by Crippen LogP contribution is -3.00. The van der Waals surface area contributed by atoms with E-state index < -0.39 is 5.97 Å². The number of quaternary nitrogens is 1. The molecule has 0 saturated carbocycles. The fourth-order valence-electron chi connectivity index (χ4n) is 5.66. The molecule has 1 N–H and O–H groups in total. The van der Waals surface area contributed by atoms with Gasteiger partial charge in [-0.1, -0.05) is 0 Å². The van der Waals surface area contributed by atoms with Crippen molar-refractivity contribution in [2.75, 3.05) is 33.7 Å². The Morgan fingerprint density at radius 3 is 2.59 bits per heavy atom. The van der Waals surface area contributed by atoms with Crippen LogP contribution in [0, 0.1) is 11.8 Å². The summed E-state index contributed by atoms with van der Waals surface area (Å²) >= 11 is 0. The van der Waals surface area contributed by atoms with Gasteiger partial charge in [0.15, 0.2) is 0 Å². The molecule has 3 aliphatic heterocycles. The van der Waals surface area contributed by atoms with Crippen LogP contribution in [-0.4, -0.2) is 66.3 Å².